The second-order valence-corrected chi connectivity index (χ2v) is 4.34. The normalized spacial score (nSPS) is 18.9. The first-order valence-corrected chi connectivity index (χ1v) is 4.29. The van der Waals surface area contributed by atoms with Gasteiger partial charge < -0.3 is 0 Å². The number of carbonyl (C=O) groups excluding carboxylic acids is 1. The van der Waals surface area contributed by atoms with Crippen LogP contribution >= 0.6 is 0 Å². The maximum Gasteiger partial charge on any atom is 0.264 e. The van der Waals surface area contributed by atoms with E-state index in [1.807, 2.05) is 26.8 Å². The number of nitriles is 1. The average Bonchev–Trinajstić information content (AvgIpc) is 2.79. The van der Waals surface area contributed by atoms with Gasteiger partial charge in [0.1, 0.15) is 5.41 Å². The molecule has 0 heterocycles. The molecule has 0 unspecified atom stereocenters. The van der Waals surface area contributed by atoms with Crippen LogP contribution in [-0.4, -0.2) is 11.5 Å². The predicted octanol–water partition coefficient (Wildman–Crippen LogP) is 1.14. The molecule has 1 aliphatic carbocycles. The molecule has 13 heavy (non-hydrogen) atoms. The Balaban J connectivity index is 2.40. The van der Waals surface area contributed by atoms with Crippen LogP contribution < -0.4 is 5.48 Å². The van der Waals surface area contributed by atoms with E-state index in [0.29, 0.717) is 12.8 Å². The fourth-order valence-electron chi connectivity index (χ4n) is 0.812. The lowest BCUT2D eigenvalue weighted by Crippen LogP contribution is -2.37. The van der Waals surface area contributed by atoms with Crippen molar-refractivity contribution in [1.29, 1.82) is 5.26 Å². The predicted molar refractivity (Wildman–Crippen MR) is 46.3 cm³/mol. The van der Waals surface area contributed by atoms with Gasteiger partial charge in [0.2, 0.25) is 0 Å². The van der Waals surface area contributed by atoms with E-state index in [9.17, 15) is 4.79 Å². The van der Waals surface area contributed by atoms with Crippen molar-refractivity contribution in [2.24, 2.45) is 5.41 Å². The lowest BCUT2D eigenvalue weighted by atomic mass is 10.1. The van der Waals surface area contributed by atoms with Crippen LogP contribution in [0.4, 0.5) is 0 Å². The number of carbonyl (C=O) groups is 1. The minimum atomic E-state index is -0.800. The van der Waals surface area contributed by atoms with Gasteiger partial charge in [-0.3, -0.25) is 9.63 Å². The zero-order chi connectivity index (χ0) is 10.1. The summed E-state index contributed by atoms with van der Waals surface area (Å²) in [6.45, 7) is 5.50. The highest BCUT2D eigenvalue weighted by atomic mass is 16.7. The number of hydroxylamine groups is 1. The van der Waals surface area contributed by atoms with Crippen molar-refractivity contribution in [2.45, 2.75) is 39.2 Å². The van der Waals surface area contributed by atoms with Crippen molar-refractivity contribution in [3.05, 3.63) is 0 Å². The molecule has 1 aliphatic rings. The van der Waals surface area contributed by atoms with E-state index < -0.39 is 11.0 Å². The molecule has 1 fully saturated rings. The average molecular weight is 182 g/mol. The lowest BCUT2D eigenvalue weighted by Gasteiger charge is -2.19. The molecular weight excluding hydrogens is 168 g/mol. The highest BCUT2D eigenvalue weighted by molar-refractivity contribution is 5.87. The summed E-state index contributed by atoms with van der Waals surface area (Å²) in [6.07, 6.45) is 1.28. The molecule has 0 aliphatic heterocycles. The molecule has 0 aromatic carbocycles. The minimum Gasteiger partial charge on any atom is -0.271 e. The molecule has 0 aromatic heterocycles. The summed E-state index contributed by atoms with van der Waals surface area (Å²) in [7, 11) is 0. The fraction of sp³-hybridized carbons (Fsp3) is 0.778. The van der Waals surface area contributed by atoms with Crippen molar-refractivity contribution in [3.63, 3.8) is 0 Å². The molecule has 1 rings (SSSR count). The Labute approximate surface area is 77.8 Å². The minimum absolute atomic E-state index is 0.315. The van der Waals surface area contributed by atoms with Gasteiger partial charge in [-0.25, -0.2) is 5.48 Å². The van der Waals surface area contributed by atoms with Crippen LogP contribution in [0.25, 0.3) is 0 Å². The molecule has 0 saturated heterocycles. The molecule has 1 saturated carbocycles. The van der Waals surface area contributed by atoms with E-state index in [2.05, 4.69) is 5.48 Å². The zero-order valence-corrected chi connectivity index (χ0v) is 8.18. The van der Waals surface area contributed by atoms with Crippen molar-refractivity contribution >= 4 is 5.91 Å². The van der Waals surface area contributed by atoms with Crippen molar-refractivity contribution in [1.82, 2.24) is 5.48 Å². The highest BCUT2D eigenvalue weighted by Gasteiger charge is 2.51. The molecule has 1 amide bonds. The number of hydrogen-bond donors (Lipinski definition) is 1. The summed E-state index contributed by atoms with van der Waals surface area (Å²) < 4.78 is 0. The van der Waals surface area contributed by atoms with Gasteiger partial charge in [0, 0.05) is 0 Å². The molecule has 72 valence electrons. The molecule has 0 radical (unpaired) electrons. The second-order valence-electron chi connectivity index (χ2n) is 4.34. The summed E-state index contributed by atoms with van der Waals surface area (Å²) in [6, 6.07) is 2.00. The maximum atomic E-state index is 11.3. The van der Waals surface area contributed by atoms with Crippen LogP contribution in [0.2, 0.25) is 0 Å². The lowest BCUT2D eigenvalue weighted by molar-refractivity contribution is -0.149. The van der Waals surface area contributed by atoms with Crippen LogP contribution in [0.1, 0.15) is 33.6 Å². The quantitative estimate of drug-likeness (QED) is 0.651. The first kappa shape index (κ1) is 10.0. The van der Waals surface area contributed by atoms with Crippen molar-refractivity contribution in [2.75, 3.05) is 0 Å². The molecule has 0 atom stereocenters. The first-order chi connectivity index (χ1) is 5.90. The molecule has 1 N–H and O–H groups in total. The Morgan fingerprint density at radius 2 is 2.08 bits per heavy atom. The monoisotopic (exact) mass is 182 g/mol. The number of nitrogens with zero attached hydrogens (tertiary/aromatic N) is 1. The largest absolute Gasteiger partial charge is 0.271 e. The van der Waals surface area contributed by atoms with Crippen LogP contribution in [0.15, 0.2) is 0 Å². The van der Waals surface area contributed by atoms with Crippen LogP contribution in [0, 0.1) is 16.7 Å². The summed E-state index contributed by atoms with van der Waals surface area (Å²) >= 11 is 0. The van der Waals surface area contributed by atoms with Crippen LogP contribution in [0.3, 0.4) is 0 Å². The number of rotatable bonds is 2. The smallest absolute Gasteiger partial charge is 0.264 e. The van der Waals surface area contributed by atoms with E-state index in [4.69, 9.17) is 10.1 Å². The van der Waals surface area contributed by atoms with Gasteiger partial charge in [-0.2, -0.15) is 5.26 Å². The standard InChI is InChI=1S/C9H14N2O2/c1-8(2,3)13-11-7(12)9(6-10)4-5-9/h4-5H2,1-3H3,(H,11,12). The molecule has 4 heteroatoms. The molecular formula is C9H14N2O2. The summed E-state index contributed by atoms with van der Waals surface area (Å²) in [4.78, 5) is 16.4. The molecule has 0 bridgehead atoms. The van der Waals surface area contributed by atoms with Gasteiger partial charge in [0.05, 0.1) is 11.7 Å². The van der Waals surface area contributed by atoms with Gasteiger partial charge in [-0.05, 0) is 33.6 Å². The van der Waals surface area contributed by atoms with E-state index in [1.165, 1.54) is 0 Å². The number of hydrogen-bond acceptors (Lipinski definition) is 3. The van der Waals surface area contributed by atoms with E-state index in [0.717, 1.165) is 0 Å². The summed E-state index contributed by atoms with van der Waals surface area (Å²) in [5.41, 5.74) is 1.10. The van der Waals surface area contributed by atoms with E-state index in [1.54, 1.807) is 0 Å². The molecule has 0 spiro atoms. The third kappa shape index (κ3) is 2.43. The van der Waals surface area contributed by atoms with Crippen LogP contribution in [0.5, 0.6) is 0 Å². The first-order valence-electron chi connectivity index (χ1n) is 4.29. The Kier molecular flexibility index (Phi) is 2.31. The van der Waals surface area contributed by atoms with Crippen molar-refractivity contribution < 1.29 is 9.63 Å². The van der Waals surface area contributed by atoms with Crippen molar-refractivity contribution in [3.8, 4) is 6.07 Å². The third-order valence-electron chi connectivity index (χ3n) is 1.85. The van der Waals surface area contributed by atoms with E-state index in [-0.39, 0.29) is 5.91 Å². The van der Waals surface area contributed by atoms with Gasteiger partial charge in [0.25, 0.3) is 5.91 Å². The second kappa shape index (κ2) is 3.00. The third-order valence-corrected chi connectivity index (χ3v) is 1.85. The SMILES string of the molecule is CC(C)(C)ONC(=O)C1(C#N)CC1. The maximum absolute atomic E-state index is 11.3. The van der Waals surface area contributed by atoms with Gasteiger partial charge in [0.15, 0.2) is 0 Å². The fourth-order valence-corrected chi connectivity index (χ4v) is 0.812. The Hall–Kier alpha value is -1.08. The van der Waals surface area contributed by atoms with Gasteiger partial charge in [-0.15, -0.1) is 0 Å². The number of nitrogens with one attached hydrogen (secondary N) is 1. The molecule has 4 nitrogen and oxygen atoms in total. The van der Waals surface area contributed by atoms with Gasteiger partial charge >= 0.3 is 0 Å². The summed E-state index contributed by atoms with van der Waals surface area (Å²) in [5, 5.41) is 8.69. The Morgan fingerprint density at radius 1 is 1.54 bits per heavy atom. The summed E-state index contributed by atoms with van der Waals surface area (Å²) in [5.74, 6) is -0.315. The number of amides is 1. The topological polar surface area (TPSA) is 62.1 Å². The Morgan fingerprint density at radius 3 is 2.38 bits per heavy atom. The highest BCUT2D eigenvalue weighted by Crippen LogP contribution is 2.45. The zero-order valence-electron chi connectivity index (χ0n) is 8.18. The van der Waals surface area contributed by atoms with Crippen LogP contribution in [-0.2, 0) is 9.63 Å². The molecule has 0 aromatic rings. The Bertz CT molecular complexity index is 256. The van der Waals surface area contributed by atoms with Gasteiger partial charge in [-0.1, -0.05) is 0 Å². The van der Waals surface area contributed by atoms with E-state index >= 15 is 0 Å².